The van der Waals surface area contributed by atoms with Crippen molar-refractivity contribution in [2.75, 3.05) is 13.6 Å². The second-order valence-corrected chi connectivity index (χ2v) is 5.49. The average molecular weight is 225 g/mol. The van der Waals surface area contributed by atoms with E-state index in [9.17, 15) is 0 Å². The van der Waals surface area contributed by atoms with Gasteiger partial charge in [-0.1, -0.05) is 20.4 Å². The van der Waals surface area contributed by atoms with Crippen molar-refractivity contribution >= 4 is 0 Å². The molecule has 2 rings (SSSR count). The highest BCUT2D eigenvalue weighted by molar-refractivity contribution is 5.02. The monoisotopic (exact) mass is 225 g/mol. The van der Waals surface area contributed by atoms with E-state index in [1.54, 1.807) is 0 Å². The quantitative estimate of drug-likeness (QED) is 0.681. The predicted octanol–water partition coefficient (Wildman–Crippen LogP) is 2.03. The van der Waals surface area contributed by atoms with Crippen LogP contribution in [0.2, 0.25) is 0 Å². The normalized spacial score (nSPS) is 40.7. The Morgan fingerprint density at radius 1 is 1.44 bits per heavy atom. The lowest BCUT2D eigenvalue weighted by Gasteiger charge is -2.49. The maximum Gasteiger partial charge on any atom is 0.140 e. The van der Waals surface area contributed by atoms with Gasteiger partial charge in [-0.3, -0.25) is 4.90 Å². The molecule has 16 heavy (non-hydrogen) atoms. The molecule has 2 fully saturated rings. The second-order valence-electron chi connectivity index (χ2n) is 5.49. The first-order chi connectivity index (χ1) is 7.49. The van der Waals surface area contributed by atoms with Crippen molar-refractivity contribution in [1.29, 1.82) is 0 Å². The minimum Gasteiger partial charge on any atom is -0.490 e. The Bertz CT molecular complexity index is 269. The Balaban J connectivity index is 2.19. The molecule has 3 nitrogen and oxygen atoms in total. The van der Waals surface area contributed by atoms with E-state index < -0.39 is 0 Å². The lowest BCUT2D eigenvalue weighted by atomic mass is 9.88. The Hall–Kier alpha value is -0.540. The van der Waals surface area contributed by atoms with Gasteiger partial charge in [0, 0.05) is 0 Å². The fourth-order valence-electron chi connectivity index (χ4n) is 2.83. The van der Waals surface area contributed by atoms with E-state index in [0.29, 0.717) is 18.1 Å². The summed E-state index contributed by atoms with van der Waals surface area (Å²) < 4.78 is 11.9. The molecule has 0 spiro atoms. The molecular formula is C13H23NO2. The summed E-state index contributed by atoms with van der Waals surface area (Å²) in [5, 5.41) is 0. The van der Waals surface area contributed by atoms with Gasteiger partial charge in [-0.15, -0.1) is 0 Å². The van der Waals surface area contributed by atoms with Crippen molar-refractivity contribution in [3.05, 3.63) is 12.3 Å². The SMILES string of the molecule is C=C1CN(C)[C@H]2C[C@@H](C)O[C@@H](C(C)C)[C@@H]2O1. The van der Waals surface area contributed by atoms with E-state index >= 15 is 0 Å². The Kier molecular flexibility index (Phi) is 3.27. The van der Waals surface area contributed by atoms with Gasteiger partial charge >= 0.3 is 0 Å². The molecule has 2 aliphatic heterocycles. The fourth-order valence-corrected chi connectivity index (χ4v) is 2.83. The summed E-state index contributed by atoms with van der Waals surface area (Å²) in [6.45, 7) is 11.3. The van der Waals surface area contributed by atoms with Crippen molar-refractivity contribution in [2.45, 2.75) is 51.5 Å². The molecule has 0 aliphatic carbocycles. The number of ether oxygens (including phenoxy) is 2. The lowest BCUT2D eigenvalue weighted by molar-refractivity contribution is -0.183. The van der Waals surface area contributed by atoms with Gasteiger partial charge in [0.15, 0.2) is 0 Å². The van der Waals surface area contributed by atoms with Gasteiger partial charge in [0.05, 0.1) is 24.8 Å². The molecule has 0 bridgehead atoms. The highest BCUT2D eigenvalue weighted by Gasteiger charge is 2.44. The van der Waals surface area contributed by atoms with Crippen LogP contribution >= 0.6 is 0 Å². The third-order valence-corrected chi connectivity index (χ3v) is 3.62. The number of likely N-dealkylation sites (N-methyl/N-ethyl adjacent to an activating group) is 1. The number of fused-ring (bicyclic) bond motifs is 1. The maximum atomic E-state index is 6.02. The van der Waals surface area contributed by atoms with Gasteiger partial charge in [0.2, 0.25) is 0 Å². The standard InChI is InChI=1S/C13H23NO2/c1-8(2)12-13-11(6-9(3)15-12)14(5)7-10(4)16-13/h8-9,11-13H,4,6-7H2,1-3,5H3/t9-,11+,12+,13-/m1/s1. The van der Waals surface area contributed by atoms with Crippen LogP contribution in [0.5, 0.6) is 0 Å². The molecular weight excluding hydrogens is 202 g/mol. The smallest absolute Gasteiger partial charge is 0.140 e. The van der Waals surface area contributed by atoms with E-state index in [-0.39, 0.29) is 12.2 Å². The molecule has 0 N–H and O–H groups in total. The first kappa shape index (κ1) is 11.9. The van der Waals surface area contributed by atoms with Crippen molar-refractivity contribution in [2.24, 2.45) is 5.92 Å². The molecule has 0 radical (unpaired) electrons. The molecule has 2 aliphatic rings. The first-order valence-electron chi connectivity index (χ1n) is 6.19. The van der Waals surface area contributed by atoms with E-state index in [4.69, 9.17) is 9.47 Å². The topological polar surface area (TPSA) is 21.7 Å². The van der Waals surface area contributed by atoms with Crippen molar-refractivity contribution in [3.8, 4) is 0 Å². The first-order valence-corrected chi connectivity index (χ1v) is 6.19. The highest BCUT2D eigenvalue weighted by atomic mass is 16.6. The van der Waals surface area contributed by atoms with Crippen LogP contribution in [-0.4, -0.2) is 42.8 Å². The Morgan fingerprint density at radius 3 is 2.75 bits per heavy atom. The number of morpholine rings is 1. The zero-order valence-electron chi connectivity index (χ0n) is 10.8. The summed E-state index contributed by atoms with van der Waals surface area (Å²) in [5.74, 6) is 1.35. The van der Waals surface area contributed by atoms with Crippen LogP contribution < -0.4 is 0 Å². The van der Waals surface area contributed by atoms with Gasteiger partial charge in [-0.25, -0.2) is 0 Å². The van der Waals surface area contributed by atoms with Crippen molar-refractivity contribution < 1.29 is 9.47 Å². The van der Waals surface area contributed by atoms with Gasteiger partial charge < -0.3 is 9.47 Å². The van der Waals surface area contributed by atoms with E-state index in [2.05, 4.69) is 39.3 Å². The third-order valence-electron chi connectivity index (χ3n) is 3.62. The number of hydrogen-bond donors (Lipinski definition) is 0. The lowest BCUT2D eigenvalue weighted by Crippen LogP contribution is -2.59. The number of rotatable bonds is 1. The molecule has 0 aromatic carbocycles. The van der Waals surface area contributed by atoms with Crippen molar-refractivity contribution in [1.82, 2.24) is 4.90 Å². The second kappa shape index (κ2) is 4.38. The predicted molar refractivity (Wildman–Crippen MR) is 64.2 cm³/mol. The summed E-state index contributed by atoms with van der Waals surface area (Å²) in [6.07, 6.45) is 1.72. The van der Waals surface area contributed by atoms with E-state index in [1.807, 2.05) is 0 Å². The molecule has 0 saturated carbocycles. The van der Waals surface area contributed by atoms with Crippen LogP contribution in [0.15, 0.2) is 12.3 Å². The molecule has 2 heterocycles. The minimum absolute atomic E-state index is 0.155. The summed E-state index contributed by atoms with van der Waals surface area (Å²) in [4.78, 5) is 2.35. The van der Waals surface area contributed by atoms with E-state index in [1.165, 1.54) is 0 Å². The fraction of sp³-hybridized carbons (Fsp3) is 0.846. The molecule has 3 heteroatoms. The molecule has 0 aromatic heterocycles. The van der Waals surface area contributed by atoms with Crippen LogP contribution in [0, 0.1) is 5.92 Å². The highest BCUT2D eigenvalue weighted by Crippen LogP contribution is 2.33. The third kappa shape index (κ3) is 2.11. The summed E-state index contributed by atoms with van der Waals surface area (Å²) in [5.41, 5.74) is 0. The zero-order valence-corrected chi connectivity index (χ0v) is 10.8. The van der Waals surface area contributed by atoms with Crippen LogP contribution in [0.1, 0.15) is 27.2 Å². The number of nitrogens with zero attached hydrogens (tertiary/aromatic N) is 1. The summed E-state index contributed by atoms with van der Waals surface area (Å²) in [6, 6.07) is 0.474. The van der Waals surface area contributed by atoms with E-state index in [0.717, 1.165) is 18.7 Å². The minimum atomic E-state index is 0.155. The molecule has 0 unspecified atom stereocenters. The summed E-state index contributed by atoms with van der Waals surface area (Å²) in [7, 11) is 2.15. The summed E-state index contributed by atoms with van der Waals surface area (Å²) >= 11 is 0. The van der Waals surface area contributed by atoms with Gasteiger partial charge in [0.25, 0.3) is 0 Å². The Labute approximate surface area is 98.4 Å². The van der Waals surface area contributed by atoms with Crippen LogP contribution in [-0.2, 0) is 9.47 Å². The van der Waals surface area contributed by atoms with Crippen LogP contribution in [0.4, 0.5) is 0 Å². The molecule has 2 saturated heterocycles. The van der Waals surface area contributed by atoms with Gasteiger partial charge in [-0.2, -0.15) is 0 Å². The Morgan fingerprint density at radius 2 is 2.12 bits per heavy atom. The average Bonchev–Trinajstić information content (AvgIpc) is 2.18. The van der Waals surface area contributed by atoms with Crippen LogP contribution in [0.25, 0.3) is 0 Å². The largest absolute Gasteiger partial charge is 0.490 e. The molecule has 0 aromatic rings. The zero-order chi connectivity index (χ0) is 11.9. The number of hydrogen-bond acceptors (Lipinski definition) is 3. The van der Waals surface area contributed by atoms with Crippen molar-refractivity contribution in [3.63, 3.8) is 0 Å². The molecule has 92 valence electrons. The molecule has 0 amide bonds. The maximum absolute atomic E-state index is 6.02. The van der Waals surface area contributed by atoms with Gasteiger partial charge in [0.1, 0.15) is 11.9 Å². The van der Waals surface area contributed by atoms with Crippen LogP contribution in [0.3, 0.4) is 0 Å². The van der Waals surface area contributed by atoms with Gasteiger partial charge in [-0.05, 0) is 26.3 Å². The molecule has 4 atom stereocenters.